The van der Waals surface area contributed by atoms with Gasteiger partial charge in [0.25, 0.3) is 0 Å². The van der Waals surface area contributed by atoms with Crippen molar-refractivity contribution < 1.29 is 14.7 Å². The van der Waals surface area contributed by atoms with Crippen molar-refractivity contribution in [1.29, 1.82) is 0 Å². The smallest absolute Gasteiger partial charge is 0.316 e. The molecule has 1 saturated carbocycles. The molecular weight excluding hydrogens is 258 g/mol. The van der Waals surface area contributed by atoms with Crippen LogP contribution in [0.2, 0.25) is 0 Å². The van der Waals surface area contributed by atoms with Gasteiger partial charge in [0.15, 0.2) is 0 Å². The molecule has 1 aromatic rings. The molecule has 0 aromatic carbocycles. The number of anilines is 1. The number of aliphatic carboxylic acids is 1. The molecule has 1 aliphatic carbocycles. The average Bonchev–Trinajstić information content (AvgIpc) is 3.08. The van der Waals surface area contributed by atoms with E-state index in [1.807, 2.05) is 0 Å². The fourth-order valence-corrected chi connectivity index (χ4v) is 3.41. The molecule has 2 heterocycles. The first-order chi connectivity index (χ1) is 9.68. The number of nitrogens with zero attached hydrogens (tertiary/aromatic N) is 3. The maximum Gasteiger partial charge on any atom is 0.316 e. The van der Waals surface area contributed by atoms with Gasteiger partial charge in [0, 0.05) is 19.2 Å². The zero-order valence-electron chi connectivity index (χ0n) is 11.4. The fraction of sp³-hybridized carbons (Fsp3) is 0.643. The highest BCUT2D eigenvalue weighted by Gasteiger charge is 2.40. The monoisotopic (exact) mass is 277 g/mol. The third kappa shape index (κ3) is 2.19. The van der Waals surface area contributed by atoms with Crippen LogP contribution in [0.3, 0.4) is 0 Å². The summed E-state index contributed by atoms with van der Waals surface area (Å²) in [5.41, 5.74) is 0. The zero-order valence-corrected chi connectivity index (χ0v) is 11.4. The number of hydrogen-bond acceptors (Lipinski definition) is 3. The third-order valence-corrected chi connectivity index (χ3v) is 4.39. The Labute approximate surface area is 117 Å². The summed E-state index contributed by atoms with van der Waals surface area (Å²) in [6.07, 6.45) is 6.22. The van der Waals surface area contributed by atoms with Gasteiger partial charge in [0.1, 0.15) is 11.7 Å². The van der Waals surface area contributed by atoms with Crippen LogP contribution in [0.4, 0.5) is 5.82 Å². The largest absolute Gasteiger partial charge is 0.481 e. The second-order valence-corrected chi connectivity index (χ2v) is 5.62. The Bertz CT molecular complexity index is 519. The van der Waals surface area contributed by atoms with Crippen LogP contribution in [0, 0.1) is 11.8 Å². The van der Waals surface area contributed by atoms with Gasteiger partial charge in [-0.05, 0) is 25.2 Å². The quantitative estimate of drug-likeness (QED) is 0.850. The normalized spacial score (nSPS) is 20.7. The van der Waals surface area contributed by atoms with Crippen molar-refractivity contribution in [2.24, 2.45) is 11.8 Å². The van der Waals surface area contributed by atoms with E-state index >= 15 is 0 Å². The van der Waals surface area contributed by atoms with Crippen LogP contribution in [-0.2, 0) is 16.1 Å². The molecule has 1 unspecified atom stereocenters. The van der Waals surface area contributed by atoms with Crippen LogP contribution < -0.4 is 4.90 Å². The molecule has 20 heavy (non-hydrogen) atoms. The number of carboxylic acid groups (broad SMARTS) is 1. The van der Waals surface area contributed by atoms with Gasteiger partial charge >= 0.3 is 5.97 Å². The summed E-state index contributed by atoms with van der Waals surface area (Å²) in [5.74, 6) is -1.45. The lowest BCUT2D eigenvalue weighted by Crippen LogP contribution is -2.45. The van der Waals surface area contributed by atoms with Crippen LogP contribution in [-0.4, -0.2) is 33.3 Å². The van der Waals surface area contributed by atoms with E-state index in [0.717, 1.165) is 44.5 Å². The Morgan fingerprint density at radius 1 is 1.25 bits per heavy atom. The molecule has 0 saturated heterocycles. The standard InChI is InChI=1S/C14H19N3O3/c18-13(12(14(19)20)10-4-1-2-5-10)16-8-3-9-17-11(16)6-7-15-17/h6-7,10,12H,1-5,8-9H2,(H,19,20). The Morgan fingerprint density at radius 3 is 2.70 bits per heavy atom. The summed E-state index contributed by atoms with van der Waals surface area (Å²) in [6.45, 7) is 1.37. The lowest BCUT2D eigenvalue weighted by atomic mass is 9.89. The molecule has 0 bridgehead atoms. The van der Waals surface area contributed by atoms with Crippen molar-refractivity contribution in [3.63, 3.8) is 0 Å². The lowest BCUT2D eigenvalue weighted by molar-refractivity contribution is -0.148. The molecule has 6 heteroatoms. The first-order valence-electron chi connectivity index (χ1n) is 7.24. The molecule has 1 aromatic heterocycles. The van der Waals surface area contributed by atoms with Gasteiger partial charge in [0.05, 0.1) is 6.20 Å². The molecule has 1 atom stereocenters. The first-order valence-corrected chi connectivity index (χ1v) is 7.24. The van der Waals surface area contributed by atoms with Gasteiger partial charge in [-0.1, -0.05) is 12.8 Å². The van der Waals surface area contributed by atoms with Gasteiger partial charge in [-0.3, -0.25) is 14.5 Å². The average molecular weight is 277 g/mol. The molecule has 0 spiro atoms. The zero-order chi connectivity index (χ0) is 14.1. The van der Waals surface area contributed by atoms with E-state index in [9.17, 15) is 14.7 Å². The molecule has 1 amide bonds. The van der Waals surface area contributed by atoms with Crippen LogP contribution in [0.25, 0.3) is 0 Å². The number of rotatable bonds is 3. The summed E-state index contributed by atoms with van der Waals surface area (Å²) in [4.78, 5) is 25.8. The van der Waals surface area contributed by atoms with Gasteiger partial charge in [-0.15, -0.1) is 0 Å². The Balaban J connectivity index is 1.85. The number of aryl methyl sites for hydroxylation is 1. The van der Waals surface area contributed by atoms with Gasteiger partial charge in [0.2, 0.25) is 5.91 Å². The van der Waals surface area contributed by atoms with Crippen LogP contribution in [0.15, 0.2) is 12.3 Å². The lowest BCUT2D eigenvalue weighted by Gasteiger charge is -2.31. The van der Waals surface area contributed by atoms with E-state index in [4.69, 9.17) is 0 Å². The molecule has 1 fully saturated rings. The predicted molar refractivity (Wildman–Crippen MR) is 72.3 cm³/mol. The maximum absolute atomic E-state index is 12.7. The summed E-state index contributed by atoms with van der Waals surface area (Å²) in [7, 11) is 0. The van der Waals surface area contributed by atoms with Crippen molar-refractivity contribution >= 4 is 17.7 Å². The predicted octanol–water partition coefficient (Wildman–Crippen LogP) is 1.51. The number of fused-ring (bicyclic) bond motifs is 1. The number of hydrogen-bond donors (Lipinski definition) is 1. The molecular formula is C14H19N3O3. The minimum absolute atomic E-state index is 0.0155. The van der Waals surface area contributed by atoms with Crippen molar-refractivity contribution in [3.8, 4) is 0 Å². The highest BCUT2D eigenvalue weighted by molar-refractivity contribution is 6.05. The topological polar surface area (TPSA) is 75.4 Å². The van der Waals surface area contributed by atoms with Crippen molar-refractivity contribution in [1.82, 2.24) is 9.78 Å². The molecule has 3 rings (SSSR count). The van der Waals surface area contributed by atoms with Gasteiger partial charge in [-0.25, -0.2) is 4.68 Å². The SMILES string of the molecule is O=C(O)C(C(=O)N1CCCn2nccc21)C1CCCC1. The number of carbonyl (C=O) groups is 2. The molecule has 1 aliphatic heterocycles. The summed E-state index contributed by atoms with van der Waals surface area (Å²) in [5, 5.41) is 13.6. The number of aromatic nitrogens is 2. The minimum Gasteiger partial charge on any atom is -0.481 e. The molecule has 2 aliphatic rings. The van der Waals surface area contributed by atoms with Crippen LogP contribution in [0.1, 0.15) is 32.1 Å². The number of carbonyl (C=O) groups excluding carboxylic acids is 1. The van der Waals surface area contributed by atoms with Crippen molar-refractivity contribution in [2.45, 2.75) is 38.6 Å². The number of carboxylic acids is 1. The minimum atomic E-state index is -0.987. The van der Waals surface area contributed by atoms with E-state index < -0.39 is 11.9 Å². The van der Waals surface area contributed by atoms with Gasteiger partial charge in [-0.2, -0.15) is 5.10 Å². The van der Waals surface area contributed by atoms with Crippen molar-refractivity contribution in [3.05, 3.63) is 12.3 Å². The molecule has 108 valence electrons. The van der Waals surface area contributed by atoms with Crippen LogP contribution in [0.5, 0.6) is 0 Å². The molecule has 0 radical (unpaired) electrons. The van der Waals surface area contributed by atoms with E-state index in [-0.39, 0.29) is 11.8 Å². The van der Waals surface area contributed by atoms with E-state index in [2.05, 4.69) is 5.10 Å². The second-order valence-electron chi connectivity index (χ2n) is 5.62. The molecule has 6 nitrogen and oxygen atoms in total. The van der Waals surface area contributed by atoms with E-state index in [0.29, 0.717) is 6.54 Å². The van der Waals surface area contributed by atoms with Gasteiger partial charge < -0.3 is 5.11 Å². The first kappa shape index (κ1) is 13.1. The molecule has 1 N–H and O–H groups in total. The Morgan fingerprint density at radius 2 is 2.00 bits per heavy atom. The fourth-order valence-electron chi connectivity index (χ4n) is 3.41. The Hall–Kier alpha value is -1.85. The summed E-state index contributed by atoms with van der Waals surface area (Å²) in [6, 6.07) is 1.78. The second kappa shape index (κ2) is 5.26. The maximum atomic E-state index is 12.7. The van der Waals surface area contributed by atoms with Crippen molar-refractivity contribution in [2.75, 3.05) is 11.4 Å². The van der Waals surface area contributed by atoms with Crippen LogP contribution >= 0.6 is 0 Å². The van der Waals surface area contributed by atoms with E-state index in [1.165, 1.54) is 0 Å². The summed E-state index contributed by atoms with van der Waals surface area (Å²) < 4.78 is 1.77. The Kier molecular flexibility index (Phi) is 3.46. The number of amides is 1. The van der Waals surface area contributed by atoms with E-state index in [1.54, 1.807) is 21.8 Å². The highest BCUT2D eigenvalue weighted by atomic mass is 16.4. The third-order valence-electron chi connectivity index (χ3n) is 4.39. The highest BCUT2D eigenvalue weighted by Crippen LogP contribution is 2.34. The summed E-state index contributed by atoms with van der Waals surface area (Å²) >= 11 is 0.